The molecule has 0 saturated carbocycles. The molecule has 1 aromatic heterocycles. The van der Waals surface area contributed by atoms with Gasteiger partial charge in [-0.25, -0.2) is 4.98 Å². The van der Waals surface area contributed by atoms with Crippen LogP contribution >= 0.6 is 0 Å². The molecule has 33 heavy (non-hydrogen) atoms. The highest BCUT2D eigenvalue weighted by Gasteiger charge is 2.64. The molecule has 0 aliphatic carbocycles. The largest absolute Gasteiger partial charge is 0.443 e. The highest BCUT2D eigenvalue weighted by Crippen LogP contribution is 2.55. The first-order valence-corrected chi connectivity index (χ1v) is 13.7. The summed E-state index contributed by atoms with van der Waals surface area (Å²) in [6, 6.07) is 0. The lowest BCUT2D eigenvalue weighted by Crippen LogP contribution is -2.65. The summed E-state index contributed by atoms with van der Waals surface area (Å²) < 4.78 is 26.4. The molecule has 1 aromatic rings. The summed E-state index contributed by atoms with van der Waals surface area (Å²) in [5, 5.41) is 10.8. The minimum Gasteiger partial charge on any atom is -0.443 e. The molecule has 3 rings (SSSR count). The number of carbonyl (C=O) groups is 1. The molecule has 188 valence electrons. The van der Waals surface area contributed by atoms with E-state index in [9.17, 15) is 9.90 Å². The Balaban J connectivity index is 1.59. The number of ether oxygens (including phenoxy) is 2. The number of rotatable bonds is 5. The van der Waals surface area contributed by atoms with Crippen molar-refractivity contribution in [2.24, 2.45) is 5.41 Å². The Labute approximate surface area is 199 Å². The van der Waals surface area contributed by atoms with Crippen molar-refractivity contribution in [1.82, 2.24) is 9.55 Å². The Morgan fingerprint density at radius 1 is 1.18 bits per heavy atom. The molecule has 9 heteroatoms. The smallest absolute Gasteiger partial charge is 0.349 e. The molecular weight excluding hydrogens is 440 g/mol. The van der Waals surface area contributed by atoms with Crippen molar-refractivity contribution in [2.45, 2.75) is 116 Å². The molecule has 0 unspecified atom stereocenters. The molecule has 4 atom stereocenters. The Bertz CT molecular complexity index is 821. The number of fused-ring (bicyclic) bond motifs is 1. The molecule has 2 saturated heterocycles. The van der Waals surface area contributed by atoms with Gasteiger partial charge in [0.25, 0.3) is 0 Å². The minimum atomic E-state index is -2.66. The van der Waals surface area contributed by atoms with Crippen LogP contribution in [-0.2, 0) is 36.3 Å². The van der Waals surface area contributed by atoms with Crippen LogP contribution in [0.15, 0.2) is 12.5 Å². The van der Waals surface area contributed by atoms with Crippen LogP contribution in [-0.4, -0.2) is 60.2 Å². The fourth-order valence-corrected chi connectivity index (χ4v) is 9.88. The number of aromatic nitrogens is 2. The van der Waals surface area contributed by atoms with E-state index in [1.54, 1.807) is 10.9 Å². The lowest BCUT2D eigenvalue weighted by Gasteiger charge is -2.53. The number of imidazole rings is 1. The molecule has 2 fully saturated rings. The van der Waals surface area contributed by atoms with Crippen molar-refractivity contribution >= 4 is 14.5 Å². The van der Waals surface area contributed by atoms with Crippen molar-refractivity contribution in [2.75, 3.05) is 6.61 Å². The number of hydrogen-bond donors (Lipinski definition) is 1. The summed E-state index contributed by atoms with van der Waals surface area (Å²) in [5.41, 5.74) is 0.320. The Kier molecular flexibility index (Phi) is 7.24. The molecule has 1 N–H and O–H groups in total. The van der Waals surface area contributed by atoms with Gasteiger partial charge in [0.2, 0.25) is 0 Å². The number of hydrogen-bond acceptors (Lipinski definition) is 7. The Hall–Kier alpha value is -1.26. The molecule has 3 heterocycles. The van der Waals surface area contributed by atoms with E-state index in [1.165, 1.54) is 0 Å². The first-order valence-electron chi connectivity index (χ1n) is 11.9. The van der Waals surface area contributed by atoms with Crippen molar-refractivity contribution < 1.29 is 28.2 Å². The van der Waals surface area contributed by atoms with Gasteiger partial charge in [0.05, 0.1) is 30.1 Å². The van der Waals surface area contributed by atoms with Gasteiger partial charge < -0.3 is 28.0 Å². The molecule has 8 nitrogen and oxygen atoms in total. The SMILES string of the molecule is CC(C)(C)C(=O)OCn1cnc(CC[C@@H]2O[C@@H]3CO[Si](C(C)(C)C)(C(C)(C)C)O[C@H]3[C@H]2O)c1. The van der Waals surface area contributed by atoms with Gasteiger partial charge >= 0.3 is 14.5 Å². The average molecular weight is 483 g/mol. The fraction of sp³-hybridized carbons (Fsp3) is 0.833. The quantitative estimate of drug-likeness (QED) is 0.502. The van der Waals surface area contributed by atoms with Gasteiger partial charge in [0, 0.05) is 16.3 Å². The lowest BCUT2D eigenvalue weighted by molar-refractivity contribution is -0.156. The summed E-state index contributed by atoms with van der Waals surface area (Å²) in [6.07, 6.45) is 3.11. The second-order valence-electron chi connectivity index (χ2n) is 12.4. The molecule has 2 aliphatic heterocycles. The summed E-state index contributed by atoms with van der Waals surface area (Å²) in [5.74, 6) is -0.254. The number of carbonyl (C=O) groups excluding carboxylic acids is 1. The van der Waals surface area contributed by atoms with Crippen LogP contribution in [0.4, 0.5) is 0 Å². The number of aliphatic hydroxyl groups excluding tert-OH is 1. The van der Waals surface area contributed by atoms with E-state index >= 15 is 0 Å². The fourth-order valence-electron chi connectivity index (χ4n) is 4.92. The van der Waals surface area contributed by atoms with Crippen LogP contribution in [0.25, 0.3) is 0 Å². The van der Waals surface area contributed by atoms with Crippen LogP contribution in [0.3, 0.4) is 0 Å². The van der Waals surface area contributed by atoms with Crippen LogP contribution in [0.1, 0.15) is 74.4 Å². The van der Waals surface area contributed by atoms with E-state index in [0.29, 0.717) is 19.4 Å². The molecule has 0 amide bonds. The monoisotopic (exact) mass is 482 g/mol. The van der Waals surface area contributed by atoms with E-state index in [-0.39, 0.29) is 41.1 Å². The summed E-state index contributed by atoms with van der Waals surface area (Å²) in [7, 11) is -2.66. The van der Waals surface area contributed by atoms with E-state index in [0.717, 1.165) is 5.69 Å². The predicted molar refractivity (Wildman–Crippen MR) is 127 cm³/mol. The van der Waals surface area contributed by atoms with Crippen LogP contribution in [0.2, 0.25) is 10.1 Å². The van der Waals surface area contributed by atoms with Gasteiger partial charge in [0.15, 0.2) is 6.73 Å². The maximum absolute atomic E-state index is 12.0. The topological polar surface area (TPSA) is 92.0 Å². The van der Waals surface area contributed by atoms with Crippen LogP contribution < -0.4 is 0 Å². The highest BCUT2D eigenvalue weighted by molar-refractivity contribution is 6.73. The lowest BCUT2D eigenvalue weighted by atomic mass is 9.98. The third-order valence-corrected chi connectivity index (χ3v) is 11.6. The van der Waals surface area contributed by atoms with Crippen LogP contribution in [0, 0.1) is 5.41 Å². The number of aliphatic hydroxyl groups is 1. The van der Waals surface area contributed by atoms with Gasteiger partial charge in [-0.3, -0.25) is 4.79 Å². The van der Waals surface area contributed by atoms with Crippen molar-refractivity contribution in [3.8, 4) is 0 Å². The molecule has 0 spiro atoms. The normalized spacial score (nSPS) is 27.9. The van der Waals surface area contributed by atoms with Gasteiger partial charge in [-0.15, -0.1) is 0 Å². The van der Waals surface area contributed by atoms with Gasteiger partial charge in [0.1, 0.15) is 18.3 Å². The van der Waals surface area contributed by atoms with E-state index in [4.69, 9.17) is 18.3 Å². The summed E-state index contributed by atoms with van der Waals surface area (Å²) in [4.78, 5) is 16.4. The van der Waals surface area contributed by atoms with Gasteiger partial charge in [-0.05, 0) is 33.6 Å². The molecule has 0 aromatic carbocycles. The molecule has 2 aliphatic rings. The Morgan fingerprint density at radius 3 is 2.39 bits per heavy atom. The summed E-state index contributed by atoms with van der Waals surface area (Å²) in [6.45, 7) is 19.0. The van der Waals surface area contributed by atoms with E-state index in [1.807, 2.05) is 27.0 Å². The number of nitrogens with zero attached hydrogens (tertiary/aromatic N) is 2. The predicted octanol–water partition coefficient (Wildman–Crippen LogP) is 3.95. The number of esters is 1. The Morgan fingerprint density at radius 2 is 1.82 bits per heavy atom. The van der Waals surface area contributed by atoms with E-state index < -0.39 is 20.1 Å². The van der Waals surface area contributed by atoms with E-state index in [2.05, 4.69) is 46.5 Å². The first kappa shape index (κ1) is 26.3. The zero-order chi connectivity index (χ0) is 24.8. The summed E-state index contributed by atoms with van der Waals surface area (Å²) >= 11 is 0. The van der Waals surface area contributed by atoms with Gasteiger partial charge in [-0.1, -0.05) is 41.5 Å². The second-order valence-corrected chi connectivity index (χ2v) is 17.2. The van der Waals surface area contributed by atoms with Crippen LogP contribution in [0.5, 0.6) is 0 Å². The third kappa shape index (κ3) is 5.37. The first-order chi connectivity index (χ1) is 15.0. The standard InChI is InChI=1S/C24H42N2O6Si/c1-22(2,3)21(28)29-15-26-12-16(25-14-26)10-11-17-19(27)20-18(31-17)13-30-33(32-20,23(4,5)6)24(7,8)9/h12,14,17-20,27H,10-11,13,15H2,1-9H3/t17-,18+,19-,20+/m0/s1. The van der Waals surface area contributed by atoms with Crippen molar-refractivity contribution in [3.05, 3.63) is 18.2 Å². The molecule has 0 radical (unpaired) electrons. The minimum absolute atomic E-state index is 0.132. The third-order valence-electron chi connectivity index (χ3n) is 6.49. The zero-order valence-corrected chi connectivity index (χ0v) is 22.7. The molecular formula is C24H42N2O6Si. The second kappa shape index (κ2) is 9.07. The maximum atomic E-state index is 12.0. The van der Waals surface area contributed by atoms with Crippen molar-refractivity contribution in [1.29, 1.82) is 0 Å². The van der Waals surface area contributed by atoms with Crippen molar-refractivity contribution in [3.63, 3.8) is 0 Å². The zero-order valence-electron chi connectivity index (χ0n) is 21.7. The average Bonchev–Trinajstić information content (AvgIpc) is 3.26. The molecule has 0 bridgehead atoms. The number of aryl methyl sites for hydroxylation is 1. The highest BCUT2D eigenvalue weighted by atomic mass is 28.4. The van der Waals surface area contributed by atoms with Gasteiger partial charge in [-0.2, -0.15) is 0 Å². The maximum Gasteiger partial charge on any atom is 0.349 e.